The molecule has 252 valence electrons. The van der Waals surface area contributed by atoms with Gasteiger partial charge in [0.15, 0.2) is 6.29 Å². The van der Waals surface area contributed by atoms with Crippen LogP contribution in [0.5, 0.6) is 0 Å². The van der Waals surface area contributed by atoms with Crippen molar-refractivity contribution in [2.24, 2.45) is 0 Å². The number of rotatable bonds is 12. The molecule has 3 aromatic rings. The van der Waals surface area contributed by atoms with Gasteiger partial charge in [-0.1, -0.05) is 85.6 Å². The molecule has 1 saturated carbocycles. The Morgan fingerprint density at radius 3 is 2.48 bits per heavy atom. The predicted molar refractivity (Wildman–Crippen MR) is 180 cm³/mol. The van der Waals surface area contributed by atoms with Crippen molar-refractivity contribution in [3.8, 4) is 0 Å². The molecule has 0 radical (unpaired) electrons. The van der Waals surface area contributed by atoms with Crippen molar-refractivity contribution in [1.29, 1.82) is 0 Å². The van der Waals surface area contributed by atoms with Crippen LogP contribution in [0.2, 0.25) is 0 Å². The van der Waals surface area contributed by atoms with E-state index in [-0.39, 0.29) is 31.8 Å². The van der Waals surface area contributed by atoms with Crippen molar-refractivity contribution in [3.05, 3.63) is 114 Å². The molecule has 3 amide bonds. The molecule has 2 heterocycles. The van der Waals surface area contributed by atoms with Crippen molar-refractivity contribution in [3.63, 3.8) is 0 Å². The van der Waals surface area contributed by atoms with Crippen LogP contribution >= 0.6 is 0 Å². The van der Waals surface area contributed by atoms with E-state index < -0.39 is 30.2 Å². The lowest BCUT2D eigenvalue weighted by Gasteiger charge is -2.39. The summed E-state index contributed by atoms with van der Waals surface area (Å²) in [5.41, 5.74) is 3.66. The van der Waals surface area contributed by atoms with Crippen molar-refractivity contribution in [2.45, 2.75) is 82.3 Å². The topological polar surface area (TPSA) is 118 Å². The number of nitrogens with zero attached hydrogens (tertiary/aromatic N) is 2. The molecule has 1 unspecified atom stereocenters. The molecule has 3 fully saturated rings. The number of aliphatic hydroxyl groups is 1. The Kier molecular flexibility index (Phi) is 11.0. The maximum absolute atomic E-state index is 13.4. The molecule has 4 atom stereocenters. The summed E-state index contributed by atoms with van der Waals surface area (Å²) in [6.07, 6.45) is 5.24. The maximum Gasteiger partial charge on any atom is 0.408 e. The lowest BCUT2D eigenvalue weighted by Crippen LogP contribution is -2.43. The monoisotopic (exact) mass is 653 g/mol. The van der Waals surface area contributed by atoms with Crippen LogP contribution in [0.4, 0.5) is 10.5 Å². The average molecular weight is 654 g/mol. The smallest absolute Gasteiger partial charge is 0.408 e. The molecule has 2 saturated heterocycles. The minimum absolute atomic E-state index is 0.0377. The third-order valence-corrected chi connectivity index (χ3v) is 9.31. The fourth-order valence-electron chi connectivity index (χ4n) is 6.84. The zero-order valence-corrected chi connectivity index (χ0v) is 27.0. The fourth-order valence-corrected chi connectivity index (χ4v) is 6.84. The van der Waals surface area contributed by atoms with Gasteiger partial charge in [0.1, 0.15) is 12.6 Å². The van der Waals surface area contributed by atoms with Crippen molar-refractivity contribution in [2.75, 3.05) is 18.0 Å². The van der Waals surface area contributed by atoms with Crippen LogP contribution in [-0.4, -0.2) is 59.2 Å². The summed E-state index contributed by atoms with van der Waals surface area (Å²) in [6, 6.07) is 23.5. The van der Waals surface area contributed by atoms with Gasteiger partial charge < -0.3 is 24.6 Å². The number of aliphatic hydroxyl groups excluding tert-OH is 1. The van der Waals surface area contributed by atoms with E-state index in [0.29, 0.717) is 23.7 Å². The van der Waals surface area contributed by atoms with Gasteiger partial charge in [-0.25, -0.2) is 9.69 Å². The molecule has 3 aliphatic rings. The van der Waals surface area contributed by atoms with Crippen LogP contribution in [0.3, 0.4) is 0 Å². The summed E-state index contributed by atoms with van der Waals surface area (Å²) in [4.78, 5) is 42.5. The highest BCUT2D eigenvalue weighted by Crippen LogP contribution is 2.40. The van der Waals surface area contributed by atoms with Crippen molar-refractivity contribution < 1.29 is 33.7 Å². The molecule has 6 rings (SSSR count). The van der Waals surface area contributed by atoms with Gasteiger partial charge in [-0.15, -0.1) is 6.58 Å². The quantitative estimate of drug-likeness (QED) is 0.189. The summed E-state index contributed by atoms with van der Waals surface area (Å²) in [6.45, 7) is 5.50. The van der Waals surface area contributed by atoms with Crippen LogP contribution in [0.15, 0.2) is 91.5 Å². The summed E-state index contributed by atoms with van der Waals surface area (Å²) in [5.74, 6) is -0.956. The van der Waals surface area contributed by atoms with Gasteiger partial charge in [0, 0.05) is 31.1 Å². The van der Waals surface area contributed by atoms with E-state index >= 15 is 0 Å². The molecular weight excluding hydrogens is 610 g/mol. The molecule has 10 heteroatoms. The van der Waals surface area contributed by atoms with Crippen LogP contribution in [-0.2, 0) is 37.0 Å². The highest BCUT2D eigenvalue weighted by Gasteiger charge is 2.41. The van der Waals surface area contributed by atoms with Gasteiger partial charge >= 0.3 is 6.09 Å². The second kappa shape index (κ2) is 15.7. The molecule has 10 nitrogen and oxygen atoms in total. The van der Waals surface area contributed by atoms with Crippen LogP contribution in [0.1, 0.15) is 73.2 Å². The molecule has 0 aromatic heterocycles. The Morgan fingerprint density at radius 1 is 0.979 bits per heavy atom. The van der Waals surface area contributed by atoms with E-state index in [9.17, 15) is 19.5 Å². The third-order valence-electron chi connectivity index (χ3n) is 9.31. The number of benzene rings is 3. The lowest BCUT2D eigenvalue weighted by molar-refractivity contribution is -0.253. The Balaban J connectivity index is 1.18. The molecule has 0 spiro atoms. The second-order valence-corrected chi connectivity index (χ2v) is 12.7. The van der Waals surface area contributed by atoms with E-state index in [1.807, 2.05) is 66.7 Å². The number of anilines is 1. The van der Waals surface area contributed by atoms with E-state index in [1.54, 1.807) is 18.2 Å². The summed E-state index contributed by atoms with van der Waals surface area (Å²) < 4.78 is 18.4. The lowest BCUT2D eigenvalue weighted by atomic mass is 9.99. The zero-order chi connectivity index (χ0) is 33.5. The number of ether oxygens (including phenoxy) is 3. The first kappa shape index (κ1) is 33.5. The van der Waals surface area contributed by atoms with Crippen LogP contribution in [0.25, 0.3) is 0 Å². The first-order chi connectivity index (χ1) is 23.4. The first-order valence-electron chi connectivity index (χ1n) is 16.7. The number of alkyl carbamates (subject to hydrolysis) is 1. The fraction of sp³-hybridized carbons (Fsp3) is 0.395. The molecular formula is C38H43N3O7. The summed E-state index contributed by atoms with van der Waals surface area (Å²) in [5, 5.41) is 12.1. The Bertz CT molecular complexity index is 1570. The minimum atomic E-state index is -1.03. The Hall–Kier alpha value is -4.35. The highest BCUT2D eigenvalue weighted by molar-refractivity contribution is 6.22. The SMILES string of the molecule is C=CCN(C[C@H]1C[C@@H](c2ccc(CO)cc2)O[C@@H](c2cccc(N3C(=O)CC(NC(=O)OCc4ccccc4)C3=O)c2)O1)C1CCCC1. The van der Waals surface area contributed by atoms with E-state index in [4.69, 9.17) is 14.2 Å². The molecule has 2 aliphatic heterocycles. The molecule has 48 heavy (non-hydrogen) atoms. The van der Waals surface area contributed by atoms with Gasteiger partial charge in [-0.2, -0.15) is 0 Å². The van der Waals surface area contributed by atoms with Gasteiger partial charge in [0.2, 0.25) is 5.91 Å². The van der Waals surface area contributed by atoms with Gasteiger partial charge in [-0.3, -0.25) is 14.5 Å². The third kappa shape index (κ3) is 8.02. The molecule has 1 aliphatic carbocycles. The highest BCUT2D eigenvalue weighted by atomic mass is 16.7. The van der Waals surface area contributed by atoms with Gasteiger partial charge in [0.05, 0.1) is 30.9 Å². The number of amides is 3. The number of hydrogen-bond acceptors (Lipinski definition) is 8. The predicted octanol–water partition coefficient (Wildman–Crippen LogP) is 5.71. The van der Waals surface area contributed by atoms with E-state index in [2.05, 4.69) is 16.8 Å². The largest absolute Gasteiger partial charge is 0.445 e. The number of carbonyl (C=O) groups excluding carboxylic acids is 3. The second-order valence-electron chi connectivity index (χ2n) is 12.7. The minimum Gasteiger partial charge on any atom is -0.445 e. The van der Waals surface area contributed by atoms with Gasteiger partial charge in [0.25, 0.3) is 5.91 Å². The molecule has 3 aromatic carbocycles. The zero-order valence-electron chi connectivity index (χ0n) is 27.0. The maximum atomic E-state index is 13.4. The average Bonchev–Trinajstić information content (AvgIpc) is 3.75. The first-order valence-corrected chi connectivity index (χ1v) is 16.7. The standard InChI is InChI=1S/C38H43N3O7/c1-2-19-40(30-12-6-7-13-30)23-32-21-34(28-17-15-26(24-42)16-18-28)48-37(47-32)29-11-8-14-31(20-29)41-35(43)22-33(36(41)44)39-38(45)46-25-27-9-4-3-5-10-27/h2-5,8-11,14-18,20,30,32-34,37,42H,1,6-7,12-13,19,21-25H2,(H,39,45)/t32-,33?,34+,37+/m1/s1. The number of carbonyl (C=O) groups is 3. The van der Waals surface area contributed by atoms with E-state index in [1.165, 1.54) is 12.8 Å². The Morgan fingerprint density at radius 2 is 1.75 bits per heavy atom. The van der Waals surface area contributed by atoms with Crippen molar-refractivity contribution >= 4 is 23.6 Å². The van der Waals surface area contributed by atoms with Crippen LogP contribution < -0.4 is 10.2 Å². The van der Waals surface area contributed by atoms with E-state index in [0.717, 1.165) is 47.5 Å². The normalized spacial score (nSPS) is 23.1. The summed E-state index contributed by atoms with van der Waals surface area (Å²) >= 11 is 0. The molecule has 2 N–H and O–H groups in total. The number of imide groups is 1. The Labute approximate surface area is 281 Å². The number of hydrogen-bond donors (Lipinski definition) is 2. The van der Waals surface area contributed by atoms with Crippen LogP contribution in [0, 0.1) is 0 Å². The molecule has 0 bridgehead atoms. The number of nitrogens with one attached hydrogen (secondary N) is 1. The summed E-state index contributed by atoms with van der Waals surface area (Å²) in [7, 11) is 0. The van der Waals surface area contributed by atoms with Crippen molar-refractivity contribution in [1.82, 2.24) is 10.2 Å². The van der Waals surface area contributed by atoms with Gasteiger partial charge in [-0.05, 0) is 41.7 Å².